The fourth-order valence-electron chi connectivity index (χ4n) is 3.31. The van der Waals surface area contributed by atoms with Crippen molar-refractivity contribution < 1.29 is 19.5 Å². The van der Waals surface area contributed by atoms with E-state index >= 15 is 0 Å². The van der Waals surface area contributed by atoms with Gasteiger partial charge in [-0.1, -0.05) is 0 Å². The van der Waals surface area contributed by atoms with E-state index in [1.807, 2.05) is 17.1 Å². The van der Waals surface area contributed by atoms with E-state index in [2.05, 4.69) is 15.2 Å². The number of Topliss-reactive ketones (excluding diaryl/α,β-unsaturated/α-hetero) is 1. The van der Waals surface area contributed by atoms with E-state index in [9.17, 15) is 29.1 Å². The number of hydrogen-bond acceptors (Lipinski definition) is 7. The second-order valence-electron chi connectivity index (χ2n) is 7.11. The topological polar surface area (TPSA) is 156 Å². The molecule has 31 heavy (non-hydrogen) atoms. The summed E-state index contributed by atoms with van der Waals surface area (Å²) in [6.07, 6.45) is 0.950. The van der Waals surface area contributed by atoms with Crippen molar-refractivity contribution >= 4 is 23.3 Å². The van der Waals surface area contributed by atoms with Crippen LogP contribution in [0.1, 0.15) is 27.6 Å². The number of nitrogens with zero attached hydrogens (tertiary/aromatic N) is 2. The second-order valence-corrected chi connectivity index (χ2v) is 7.11. The number of hydrogen-bond donors (Lipinski definition) is 4. The summed E-state index contributed by atoms with van der Waals surface area (Å²) in [6, 6.07) is 6.00. The minimum Gasteiger partial charge on any atom is -0.394 e. The van der Waals surface area contributed by atoms with Gasteiger partial charge in [0.2, 0.25) is 5.91 Å². The number of nitrogens with one attached hydrogen (secondary N) is 3. The Morgan fingerprint density at radius 2 is 1.74 bits per heavy atom. The van der Waals surface area contributed by atoms with Gasteiger partial charge < -0.3 is 25.2 Å². The highest BCUT2D eigenvalue weighted by atomic mass is 16.3. The number of ketones is 1. The van der Waals surface area contributed by atoms with Crippen molar-refractivity contribution in [3.8, 4) is 0 Å². The van der Waals surface area contributed by atoms with Gasteiger partial charge in [0.15, 0.2) is 5.78 Å². The molecule has 11 heteroatoms. The normalized spacial score (nSPS) is 14.8. The maximum atomic E-state index is 12.7. The largest absolute Gasteiger partial charge is 0.394 e. The second kappa shape index (κ2) is 9.39. The Morgan fingerprint density at radius 1 is 1.10 bits per heavy atom. The lowest BCUT2D eigenvalue weighted by Crippen LogP contribution is -2.56. The highest BCUT2D eigenvalue weighted by Crippen LogP contribution is 2.18. The Hall–Kier alpha value is -3.73. The number of rotatable bonds is 6. The predicted octanol–water partition coefficient (Wildman–Crippen LogP) is -1.29. The SMILES string of the molecule is CC(=O)c1ccc(N2CCN(C(=O)[C@H](CO)NC(=O)c3c[nH]c(=O)[nH]c3=O)CC2)cc1. The van der Waals surface area contributed by atoms with Gasteiger partial charge in [0.25, 0.3) is 11.5 Å². The van der Waals surface area contributed by atoms with Gasteiger partial charge in [0.05, 0.1) is 6.61 Å². The van der Waals surface area contributed by atoms with Gasteiger partial charge in [-0.25, -0.2) is 4.79 Å². The maximum Gasteiger partial charge on any atom is 0.325 e. The number of aliphatic hydroxyl groups is 1. The lowest BCUT2D eigenvalue weighted by atomic mass is 10.1. The highest BCUT2D eigenvalue weighted by molar-refractivity contribution is 5.97. The van der Waals surface area contributed by atoms with Crippen molar-refractivity contribution in [2.24, 2.45) is 0 Å². The van der Waals surface area contributed by atoms with Gasteiger partial charge in [0.1, 0.15) is 11.6 Å². The number of benzene rings is 1. The smallest absolute Gasteiger partial charge is 0.325 e. The van der Waals surface area contributed by atoms with E-state index in [0.29, 0.717) is 31.7 Å². The minimum absolute atomic E-state index is 0.0112. The zero-order chi connectivity index (χ0) is 22.5. The number of H-pyrrole nitrogens is 2. The summed E-state index contributed by atoms with van der Waals surface area (Å²) in [4.78, 5) is 66.9. The third-order valence-electron chi connectivity index (χ3n) is 5.08. The van der Waals surface area contributed by atoms with Crippen LogP contribution in [0.2, 0.25) is 0 Å². The summed E-state index contributed by atoms with van der Waals surface area (Å²) in [5.74, 6) is -1.36. The lowest BCUT2D eigenvalue weighted by molar-refractivity contribution is -0.134. The molecular weight excluding hydrogens is 406 g/mol. The highest BCUT2D eigenvalue weighted by Gasteiger charge is 2.29. The van der Waals surface area contributed by atoms with Gasteiger partial charge in [-0.05, 0) is 31.2 Å². The summed E-state index contributed by atoms with van der Waals surface area (Å²) >= 11 is 0. The van der Waals surface area contributed by atoms with Crippen LogP contribution in [-0.4, -0.2) is 76.4 Å². The molecule has 0 radical (unpaired) electrons. The number of piperazine rings is 1. The number of anilines is 1. The van der Waals surface area contributed by atoms with Gasteiger partial charge in [-0.15, -0.1) is 0 Å². The monoisotopic (exact) mass is 429 g/mol. The van der Waals surface area contributed by atoms with Crippen molar-refractivity contribution in [1.29, 1.82) is 0 Å². The molecule has 0 spiro atoms. The molecule has 1 aliphatic rings. The Balaban J connectivity index is 1.60. The van der Waals surface area contributed by atoms with Crippen molar-refractivity contribution in [2.45, 2.75) is 13.0 Å². The molecule has 1 aromatic carbocycles. The molecule has 164 valence electrons. The molecule has 1 saturated heterocycles. The number of carbonyl (C=O) groups is 3. The molecule has 1 aliphatic heterocycles. The average Bonchev–Trinajstić information content (AvgIpc) is 2.77. The first kappa shape index (κ1) is 22.0. The molecule has 4 N–H and O–H groups in total. The van der Waals surface area contributed by atoms with E-state index in [0.717, 1.165) is 11.9 Å². The Morgan fingerprint density at radius 3 is 2.29 bits per heavy atom. The molecule has 0 aliphatic carbocycles. The van der Waals surface area contributed by atoms with Crippen LogP contribution in [-0.2, 0) is 4.79 Å². The number of aromatic amines is 2. The van der Waals surface area contributed by atoms with Crippen molar-refractivity contribution in [3.63, 3.8) is 0 Å². The Kier molecular flexibility index (Phi) is 6.65. The van der Waals surface area contributed by atoms with E-state index in [1.54, 1.807) is 12.1 Å². The van der Waals surface area contributed by atoms with E-state index < -0.39 is 35.7 Å². The van der Waals surface area contributed by atoms with Crippen LogP contribution in [0.5, 0.6) is 0 Å². The summed E-state index contributed by atoms with van der Waals surface area (Å²) in [7, 11) is 0. The predicted molar refractivity (Wildman–Crippen MR) is 111 cm³/mol. The molecule has 0 saturated carbocycles. The first-order valence-corrected chi connectivity index (χ1v) is 9.68. The number of amides is 2. The zero-order valence-corrected chi connectivity index (χ0v) is 16.9. The van der Waals surface area contributed by atoms with Crippen molar-refractivity contribution in [2.75, 3.05) is 37.7 Å². The molecular formula is C20H23N5O6. The number of aromatic nitrogens is 2. The van der Waals surface area contributed by atoms with Crippen LogP contribution in [0, 0.1) is 0 Å². The zero-order valence-electron chi connectivity index (χ0n) is 16.9. The molecule has 1 fully saturated rings. The molecule has 3 rings (SSSR count). The fourth-order valence-corrected chi connectivity index (χ4v) is 3.31. The molecule has 11 nitrogen and oxygen atoms in total. The van der Waals surface area contributed by atoms with E-state index in [1.165, 1.54) is 11.8 Å². The Labute approximate surface area is 176 Å². The number of carbonyl (C=O) groups excluding carboxylic acids is 3. The maximum absolute atomic E-state index is 12.7. The van der Waals surface area contributed by atoms with Crippen molar-refractivity contribution in [1.82, 2.24) is 20.2 Å². The third-order valence-corrected chi connectivity index (χ3v) is 5.08. The summed E-state index contributed by atoms with van der Waals surface area (Å²) in [6.45, 7) is 2.69. The molecule has 2 amide bonds. The molecule has 1 aromatic heterocycles. The van der Waals surface area contributed by atoms with Gasteiger partial charge in [-0.2, -0.15) is 0 Å². The molecule has 0 bridgehead atoms. The minimum atomic E-state index is -1.22. The van der Waals surface area contributed by atoms with E-state index in [4.69, 9.17) is 0 Å². The molecule has 2 heterocycles. The fraction of sp³-hybridized carbons (Fsp3) is 0.350. The van der Waals surface area contributed by atoms with Gasteiger partial charge in [0, 0.05) is 43.6 Å². The molecule has 1 atom stereocenters. The van der Waals surface area contributed by atoms with Gasteiger partial charge in [-0.3, -0.25) is 24.2 Å². The summed E-state index contributed by atoms with van der Waals surface area (Å²) < 4.78 is 0. The first-order valence-electron chi connectivity index (χ1n) is 9.68. The molecule has 0 unspecified atom stereocenters. The first-order chi connectivity index (χ1) is 14.8. The third kappa shape index (κ3) is 5.07. The van der Waals surface area contributed by atoms with Crippen LogP contribution in [0.4, 0.5) is 5.69 Å². The van der Waals surface area contributed by atoms with Crippen LogP contribution in [0.3, 0.4) is 0 Å². The number of aliphatic hydroxyl groups excluding tert-OH is 1. The van der Waals surface area contributed by atoms with Crippen molar-refractivity contribution in [3.05, 3.63) is 62.4 Å². The standard InChI is InChI=1S/C20H23N5O6/c1-12(27)13-2-4-14(5-3-13)24-6-8-25(9-7-24)19(30)16(11-26)22-17(28)15-10-21-20(31)23-18(15)29/h2-5,10,16,26H,6-9,11H2,1H3,(H,22,28)(H2,21,23,29,31)/t16-/m0/s1. The average molecular weight is 429 g/mol. The summed E-state index contributed by atoms with van der Waals surface area (Å²) in [5.41, 5.74) is -0.466. The van der Waals surface area contributed by atoms with Crippen LogP contribution in [0.15, 0.2) is 40.1 Å². The van der Waals surface area contributed by atoms with Crippen LogP contribution >= 0.6 is 0 Å². The quantitative estimate of drug-likeness (QED) is 0.416. The molecule has 2 aromatic rings. The Bertz CT molecular complexity index is 1080. The summed E-state index contributed by atoms with van der Waals surface area (Å²) in [5, 5.41) is 11.9. The van der Waals surface area contributed by atoms with Crippen LogP contribution in [0.25, 0.3) is 0 Å². The van der Waals surface area contributed by atoms with Gasteiger partial charge >= 0.3 is 5.69 Å². The van der Waals surface area contributed by atoms with E-state index in [-0.39, 0.29) is 11.3 Å². The van der Waals surface area contributed by atoms with Crippen LogP contribution < -0.4 is 21.5 Å². The lowest BCUT2D eigenvalue weighted by Gasteiger charge is -2.37.